The third-order valence-electron chi connectivity index (χ3n) is 8.07. The molecule has 6 heteroatoms. The summed E-state index contributed by atoms with van der Waals surface area (Å²) in [5.41, 5.74) is 0. The van der Waals surface area contributed by atoms with Gasteiger partial charge in [-0.2, -0.15) is 0 Å². The van der Waals surface area contributed by atoms with Crippen molar-refractivity contribution in [1.82, 2.24) is 0 Å². The molecule has 0 radical (unpaired) electrons. The summed E-state index contributed by atoms with van der Waals surface area (Å²) in [5.74, 6) is -1.07. The number of hydrogen-bond donors (Lipinski definition) is 0. The number of esters is 3. The van der Waals surface area contributed by atoms with E-state index in [2.05, 4.69) is 106 Å². The monoisotopic (exact) mass is 735 g/mol. The van der Waals surface area contributed by atoms with Gasteiger partial charge in [-0.3, -0.25) is 14.4 Å². The van der Waals surface area contributed by atoms with Crippen LogP contribution in [0.5, 0.6) is 0 Å². The summed E-state index contributed by atoms with van der Waals surface area (Å²) in [5, 5.41) is 0. The highest BCUT2D eigenvalue weighted by atomic mass is 16.6. The molecule has 0 aliphatic rings. The van der Waals surface area contributed by atoms with Crippen molar-refractivity contribution >= 4 is 17.9 Å². The molecule has 0 saturated carbocycles. The third-order valence-corrected chi connectivity index (χ3v) is 8.07. The molecule has 0 aromatic heterocycles. The first kappa shape index (κ1) is 49.3. The highest BCUT2D eigenvalue weighted by Crippen LogP contribution is 2.10. The second-order valence-electron chi connectivity index (χ2n) is 13.1. The number of hydrogen-bond acceptors (Lipinski definition) is 6. The minimum absolute atomic E-state index is 0.124. The van der Waals surface area contributed by atoms with Crippen molar-refractivity contribution < 1.29 is 28.6 Å². The van der Waals surface area contributed by atoms with E-state index in [1.807, 2.05) is 12.2 Å². The summed E-state index contributed by atoms with van der Waals surface area (Å²) in [6.45, 7) is 6.20. The Balaban J connectivity index is 4.54. The largest absolute Gasteiger partial charge is 0.462 e. The minimum atomic E-state index is -0.823. The number of carbonyl (C=O) groups excluding carboxylic acids is 3. The Morgan fingerprint density at radius 2 is 0.774 bits per heavy atom. The second kappa shape index (κ2) is 41.1. The lowest BCUT2D eigenvalue weighted by molar-refractivity contribution is -0.166. The van der Waals surface area contributed by atoms with Gasteiger partial charge in [0, 0.05) is 19.3 Å². The maximum atomic E-state index is 12.6. The quantitative estimate of drug-likeness (QED) is 0.0279. The fourth-order valence-corrected chi connectivity index (χ4v) is 4.98. The molecule has 1 unspecified atom stereocenters. The number of rotatable bonds is 35. The molecule has 0 bridgehead atoms. The van der Waals surface area contributed by atoms with E-state index in [9.17, 15) is 14.4 Å². The fourth-order valence-electron chi connectivity index (χ4n) is 4.98. The molecule has 0 heterocycles. The number of carbonyl (C=O) groups is 3. The molecule has 0 N–H and O–H groups in total. The molecule has 0 saturated heterocycles. The standard InChI is InChI=1S/C47H74O6/c1-4-7-10-13-16-19-21-22-23-24-25-26-29-31-34-37-40-46(49)52-43-44(42-51-45(48)39-36-33-30-27-18-15-12-9-6-3)53-47(50)41-38-35-32-28-20-17-14-11-8-5-2/h7,9-10,12,14,16-19,22-23,25-27,31,34,44H,4-6,8,11,13,15,20-21,24,28-30,32-33,35-43H2,1-3H3/b10-7-,12-9-,17-14-,19-16-,23-22-,26-25-,27-18-,34-31-. The molecule has 0 aliphatic carbocycles. The van der Waals surface area contributed by atoms with Crippen molar-refractivity contribution in [3.63, 3.8) is 0 Å². The van der Waals surface area contributed by atoms with E-state index in [0.29, 0.717) is 12.8 Å². The van der Waals surface area contributed by atoms with E-state index in [4.69, 9.17) is 14.2 Å². The average molecular weight is 735 g/mol. The van der Waals surface area contributed by atoms with E-state index in [-0.39, 0.29) is 44.0 Å². The maximum Gasteiger partial charge on any atom is 0.306 e. The van der Waals surface area contributed by atoms with E-state index in [0.717, 1.165) is 103 Å². The Hall–Kier alpha value is -3.67. The van der Waals surface area contributed by atoms with Crippen LogP contribution in [-0.4, -0.2) is 37.2 Å². The number of allylic oxidation sites excluding steroid dienone is 16. The van der Waals surface area contributed by atoms with Crippen LogP contribution >= 0.6 is 0 Å². The van der Waals surface area contributed by atoms with Crippen molar-refractivity contribution in [3.05, 3.63) is 97.2 Å². The first-order chi connectivity index (χ1) is 26.0. The molecule has 0 amide bonds. The summed E-state index contributed by atoms with van der Waals surface area (Å²) in [7, 11) is 0. The molecule has 0 rings (SSSR count). The molecule has 0 aliphatic heterocycles. The van der Waals surface area contributed by atoms with Crippen molar-refractivity contribution in [2.24, 2.45) is 0 Å². The van der Waals surface area contributed by atoms with Gasteiger partial charge < -0.3 is 14.2 Å². The van der Waals surface area contributed by atoms with Crippen molar-refractivity contribution in [2.75, 3.05) is 13.2 Å². The maximum absolute atomic E-state index is 12.6. The molecule has 0 aromatic rings. The molecular weight excluding hydrogens is 661 g/mol. The highest BCUT2D eigenvalue weighted by molar-refractivity contribution is 5.71. The van der Waals surface area contributed by atoms with Gasteiger partial charge in [0.25, 0.3) is 0 Å². The van der Waals surface area contributed by atoms with Crippen LogP contribution in [0.1, 0.15) is 162 Å². The minimum Gasteiger partial charge on any atom is -0.462 e. The first-order valence-electron chi connectivity index (χ1n) is 20.7. The molecule has 298 valence electrons. The Morgan fingerprint density at radius 3 is 1.30 bits per heavy atom. The molecule has 1 atom stereocenters. The molecule has 6 nitrogen and oxygen atoms in total. The number of unbranched alkanes of at least 4 members (excludes halogenated alkanes) is 8. The summed E-state index contributed by atoms with van der Waals surface area (Å²) < 4.78 is 16.5. The van der Waals surface area contributed by atoms with Crippen molar-refractivity contribution in [3.8, 4) is 0 Å². The van der Waals surface area contributed by atoms with Crippen LogP contribution in [0.25, 0.3) is 0 Å². The van der Waals surface area contributed by atoms with Crippen LogP contribution in [0, 0.1) is 0 Å². The zero-order chi connectivity index (χ0) is 38.7. The lowest BCUT2D eigenvalue weighted by Gasteiger charge is -2.18. The molecule has 0 fully saturated rings. The Morgan fingerprint density at radius 1 is 0.396 bits per heavy atom. The van der Waals surface area contributed by atoms with Crippen LogP contribution in [0.15, 0.2) is 97.2 Å². The van der Waals surface area contributed by atoms with Gasteiger partial charge in [-0.05, 0) is 96.3 Å². The molecule has 53 heavy (non-hydrogen) atoms. The SMILES string of the molecule is CC/C=C\C/C=C\C/C=C\C/C=C\C/C=C\CCC(=O)OCC(COC(=O)CCCC/C=C\C/C=C\CC)OC(=O)CCCCCC/C=C\CCCC. The van der Waals surface area contributed by atoms with Crippen molar-refractivity contribution in [2.45, 2.75) is 168 Å². The van der Waals surface area contributed by atoms with Gasteiger partial charge in [0.1, 0.15) is 13.2 Å². The lowest BCUT2D eigenvalue weighted by atomic mass is 10.1. The normalized spacial score (nSPS) is 13.0. The van der Waals surface area contributed by atoms with Gasteiger partial charge in [0.2, 0.25) is 0 Å². The molecule has 0 aromatic carbocycles. The summed E-state index contributed by atoms with van der Waals surface area (Å²) in [6, 6.07) is 0. The summed E-state index contributed by atoms with van der Waals surface area (Å²) in [6.07, 6.45) is 52.7. The van der Waals surface area contributed by atoms with E-state index in [1.165, 1.54) is 12.8 Å². The van der Waals surface area contributed by atoms with Crippen LogP contribution < -0.4 is 0 Å². The van der Waals surface area contributed by atoms with Gasteiger partial charge in [-0.15, -0.1) is 0 Å². The predicted molar refractivity (Wildman–Crippen MR) is 224 cm³/mol. The van der Waals surface area contributed by atoms with Crippen molar-refractivity contribution in [1.29, 1.82) is 0 Å². The predicted octanol–water partition coefficient (Wildman–Crippen LogP) is 13.1. The van der Waals surface area contributed by atoms with E-state index < -0.39 is 6.10 Å². The van der Waals surface area contributed by atoms with Gasteiger partial charge >= 0.3 is 17.9 Å². The molecular formula is C47H74O6. The van der Waals surface area contributed by atoms with Gasteiger partial charge in [0.05, 0.1) is 0 Å². The van der Waals surface area contributed by atoms with E-state index >= 15 is 0 Å². The summed E-state index contributed by atoms with van der Waals surface area (Å²) >= 11 is 0. The first-order valence-corrected chi connectivity index (χ1v) is 20.7. The highest BCUT2D eigenvalue weighted by Gasteiger charge is 2.19. The number of ether oxygens (including phenoxy) is 3. The van der Waals surface area contributed by atoms with Crippen LogP contribution in [-0.2, 0) is 28.6 Å². The topological polar surface area (TPSA) is 78.9 Å². The average Bonchev–Trinajstić information content (AvgIpc) is 3.15. The van der Waals surface area contributed by atoms with Gasteiger partial charge in [-0.25, -0.2) is 0 Å². The fraction of sp³-hybridized carbons (Fsp3) is 0.596. The summed E-state index contributed by atoms with van der Waals surface area (Å²) in [4.78, 5) is 37.5. The van der Waals surface area contributed by atoms with Gasteiger partial charge in [0.15, 0.2) is 6.10 Å². The van der Waals surface area contributed by atoms with Gasteiger partial charge in [-0.1, -0.05) is 144 Å². The molecule has 0 spiro atoms. The Bertz CT molecular complexity index is 1120. The second-order valence-corrected chi connectivity index (χ2v) is 13.1. The smallest absolute Gasteiger partial charge is 0.306 e. The Kier molecular flexibility index (Phi) is 38.2. The third kappa shape index (κ3) is 39.4. The van der Waals surface area contributed by atoms with Crippen LogP contribution in [0.2, 0.25) is 0 Å². The zero-order valence-electron chi connectivity index (χ0n) is 33.7. The lowest BCUT2D eigenvalue weighted by Crippen LogP contribution is -2.30. The van der Waals surface area contributed by atoms with Crippen LogP contribution in [0.4, 0.5) is 0 Å². The van der Waals surface area contributed by atoms with Crippen LogP contribution in [0.3, 0.4) is 0 Å². The zero-order valence-corrected chi connectivity index (χ0v) is 33.7. The van der Waals surface area contributed by atoms with E-state index in [1.54, 1.807) is 0 Å². The Labute approximate surface area is 324 Å².